The van der Waals surface area contributed by atoms with Gasteiger partial charge in [-0.25, -0.2) is 4.57 Å². The third-order valence-electron chi connectivity index (χ3n) is 12.3. The van der Waals surface area contributed by atoms with E-state index >= 15 is 0 Å². The first-order valence-electron chi connectivity index (χ1n) is 27.8. The molecule has 0 amide bonds. The highest BCUT2D eigenvalue weighted by molar-refractivity contribution is 7.47. The standard InChI is InChI=1S/C55H106NO8P/c1-3-5-7-9-11-13-15-17-19-21-23-24-25-26-27-28-29-30-32-33-35-37-39-41-43-45-47-54(57)61-51-53(52-63-65(59,60)62-50-49-56)64-55(58)48-46-44-42-40-38-36-34-31-22-20-18-16-14-12-10-8-6-4-2/h14,16,20,22,53H,3-13,15,17-19,21,23-52,56H2,1-2H3,(H,59,60)/b16-14-,22-20-. The molecule has 0 saturated carbocycles. The Morgan fingerprint density at radius 3 is 1.18 bits per heavy atom. The second-order valence-corrected chi connectivity index (χ2v) is 20.3. The summed E-state index contributed by atoms with van der Waals surface area (Å²) in [6.45, 7) is 3.77. The van der Waals surface area contributed by atoms with E-state index in [1.54, 1.807) is 0 Å². The lowest BCUT2D eigenvalue weighted by Gasteiger charge is -2.19. The SMILES string of the molecule is CCCCCC/C=C\C/C=C\CCCCCCCCCC(=O)OC(COC(=O)CCCCCCCCCCCCCCCCCCCCCCCCCCCC)COP(=O)(O)OCCN. The molecule has 0 radical (unpaired) electrons. The molecule has 0 aliphatic rings. The molecule has 0 aromatic heterocycles. The predicted molar refractivity (Wildman–Crippen MR) is 275 cm³/mol. The molecule has 3 N–H and O–H groups in total. The number of phosphoric acid groups is 1. The van der Waals surface area contributed by atoms with Crippen LogP contribution in [0.1, 0.15) is 284 Å². The minimum Gasteiger partial charge on any atom is -0.462 e. The highest BCUT2D eigenvalue weighted by Gasteiger charge is 2.26. The molecule has 384 valence electrons. The van der Waals surface area contributed by atoms with E-state index in [0.29, 0.717) is 6.42 Å². The number of unbranched alkanes of at least 4 members (excludes halogenated alkanes) is 36. The van der Waals surface area contributed by atoms with Crippen molar-refractivity contribution in [3.8, 4) is 0 Å². The van der Waals surface area contributed by atoms with Crippen LogP contribution in [-0.4, -0.2) is 49.3 Å². The molecule has 0 fully saturated rings. The van der Waals surface area contributed by atoms with Gasteiger partial charge in [-0.05, 0) is 44.9 Å². The Kier molecular flexibility index (Phi) is 50.7. The topological polar surface area (TPSA) is 134 Å². The maximum atomic E-state index is 12.7. The van der Waals surface area contributed by atoms with Gasteiger partial charge >= 0.3 is 19.8 Å². The number of hydrogen-bond donors (Lipinski definition) is 2. The van der Waals surface area contributed by atoms with Gasteiger partial charge in [0.05, 0.1) is 13.2 Å². The molecule has 0 aromatic rings. The zero-order chi connectivity index (χ0) is 47.4. The minimum atomic E-state index is -4.38. The molecular formula is C55H106NO8P. The van der Waals surface area contributed by atoms with Gasteiger partial charge in [0.2, 0.25) is 0 Å². The lowest BCUT2D eigenvalue weighted by atomic mass is 10.0. The number of ether oxygens (including phenoxy) is 2. The zero-order valence-electron chi connectivity index (χ0n) is 42.7. The highest BCUT2D eigenvalue weighted by atomic mass is 31.2. The molecule has 0 spiro atoms. The summed E-state index contributed by atoms with van der Waals surface area (Å²) in [6, 6.07) is 0. The number of hydrogen-bond acceptors (Lipinski definition) is 8. The summed E-state index contributed by atoms with van der Waals surface area (Å²) in [5, 5.41) is 0. The number of rotatable bonds is 53. The second-order valence-electron chi connectivity index (χ2n) is 18.8. The number of nitrogens with two attached hydrogens (primary N) is 1. The van der Waals surface area contributed by atoms with E-state index in [1.165, 1.54) is 199 Å². The van der Waals surface area contributed by atoms with E-state index in [9.17, 15) is 19.0 Å². The Morgan fingerprint density at radius 1 is 0.462 bits per heavy atom. The highest BCUT2D eigenvalue weighted by Crippen LogP contribution is 2.43. The van der Waals surface area contributed by atoms with Gasteiger partial charge in [-0.2, -0.15) is 0 Å². The van der Waals surface area contributed by atoms with Crippen LogP contribution in [0.5, 0.6) is 0 Å². The van der Waals surface area contributed by atoms with Crippen LogP contribution in [0.4, 0.5) is 0 Å². The average molecular weight is 940 g/mol. The van der Waals surface area contributed by atoms with Crippen molar-refractivity contribution < 1.29 is 37.6 Å². The summed E-state index contributed by atoms with van der Waals surface area (Å²) in [5.41, 5.74) is 5.37. The van der Waals surface area contributed by atoms with Crippen molar-refractivity contribution in [2.45, 2.75) is 290 Å². The van der Waals surface area contributed by atoms with Crippen molar-refractivity contribution >= 4 is 19.8 Å². The Balaban J connectivity index is 3.93. The van der Waals surface area contributed by atoms with Gasteiger partial charge in [-0.15, -0.1) is 0 Å². The van der Waals surface area contributed by atoms with E-state index in [2.05, 4.69) is 38.2 Å². The Morgan fingerprint density at radius 2 is 0.800 bits per heavy atom. The van der Waals surface area contributed by atoms with Gasteiger partial charge in [0.1, 0.15) is 6.61 Å². The van der Waals surface area contributed by atoms with Gasteiger partial charge in [-0.3, -0.25) is 18.6 Å². The molecule has 0 bridgehead atoms. The van der Waals surface area contributed by atoms with Crippen molar-refractivity contribution in [3.05, 3.63) is 24.3 Å². The van der Waals surface area contributed by atoms with Crippen LogP contribution in [0.25, 0.3) is 0 Å². The van der Waals surface area contributed by atoms with Crippen molar-refractivity contribution in [3.63, 3.8) is 0 Å². The molecule has 0 heterocycles. The first kappa shape index (κ1) is 63.5. The van der Waals surface area contributed by atoms with E-state index in [1.807, 2.05) is 0 Å². The van der Waals surface area contributed by atoms with E-state index in [-0.39, 0.29) is 38.6 Å². The van der Waals surface area contributed by atoms with Crippen LogP contribution in [0, 0.1) is 0 Å². The number of carbonyl (C=O) groups excluding carboxylic acids is 2. The quantitative estimate of drug-likeness (QED) is 0.0264. The molecule has 65 heavy (non-hydrogen) atoms. The predicted octanol–water partition coefficient (Wildman–Crippen LogP) is 17.1. The molecule has 10 heteroatoms. The number of carbonyl (C=O) groups is 2. The first-order chi connectivity index (χ1) is 31.8. The maximum Gasteiger partial charge on any atom is 0.472 e. The van der Waals surface area contributed by atoms with Crippen molar-refractivity contribution in [1.29, 1.82) is 0 Å². The van der Waals surface area contributed by atoms with Gasteiger partial charge in [0, 0.05) is 19.4 Å². The zero-order valence-corrected chi connectivity index (χ0v) is 43.6. The van der Waals surface area contributed by atoms with Crippen molar-refractivity contribution in [2.24, 2.45) is 5.73 Å². The third kappa shape index (κ3) is 51.7. The first-order valence-corrected chi connectivity index (χ1v) is 29.3. The molecule has 0 aromatic carbocycles. The van der Waals surface area contributed by atoms with Gasteiger partial charge in [-0.1, -0.05) is 250 Å². The lowest BCUT2D eigenvalue weighted by Crippen LogP contribution is -2.29. The summed E-state index contributed by atoms with van der Waals surface area (Å²) in [5.74, 6) is -0.822. The number of esters is 2. The summed E-state index contributed by atoms with van der Waals surface area (Å²) >= 11 is 0. The van der Waals surface area contributed by atoms with E-state index in [0.717, 1.165) is 51.4 Å². The summed E-state index contributed by atoms with van der Waals surface area (Å²) in [7, 11) is -4.38. The van der Waals surface area contributed by atoms with Gasteiger partial charge < -0.3 is 20.1 Å². The van der Waals surface area contributed by atoms with Crippen LogP contribution < -0.4 is 5.73 Å². The Bertz CT molecular complexity index is 1120. The van der Waals surface area contributed by atoms with Crippen LogP contribution >= 0.6 is 7.82 Å². The van der Waals surface area contributed by atoms with Crippen LogP contribution in [0.2, 0.25) is 0 Å². The average Bonchev–Trinajstić information content (AvgIpc) is 3.30. The fraction of sp³-hybridized carbons (Fsp3) is 0.891. The molecule has 9 nitrogen and oxygen atoms in total. The van der Waals surface area contributed by atoms with E-state index < -0.39 is 26.5 Å². The van der Waals surface area contributed by atoms with Gasteiger partial charge in [0.25, 0.3) is 0 Å². The number of phosphoric ester groups is 1. The fourth-order valence-electron chi connectivity index (χ4n) is 8.20. The molecular weight excluding hydrogens is 834 g/mol. The Hall–Kier alpha value is -1.51. The molecule has 0 rings (SSSR count). The fourth-order valence-corrected chi connectivity index (χ4v) is 8.96. The largest absolute Gasteiger partial charge is 0.472 e. The second kappa shape index (κ2) is 51.9. The van der Waals surface area contributed by atoms with Crippen LogP contribution in [-0.2, 0) is 32.7 Å². The molecule has 0 saturated heterocycles. The number of allylic oxidation sites excluding steroid dienone is 4. The third-order valence-corrected chi connectivity index (χ3v) is 13.3. The maximum absolute atomic E-state index is 12.7. The van der Waals surface area contributed by atoms with Gasteiger partial charge in [0.15, 0.2) is 6.10 Å². The monoisotopic (exact) mass is 940 g/mol. The van der Waals surface area contributed by atoms with Crippen molar-refractivity contribution in [2.75, 3.05) is 26.4 Å². The van der Waals surface area contributed by atoms with Crippen molar-refractivity contribution in [1.82, 2.24) is 0 Å². The molecule has 0 aliphatic heterocycles. The molecule has 2 unspecified atom stereocenters. The summed E-state index contributed by atoms with van der Waals surface area (Å²) < 4.78 is 33.0. The van der Waals surface area contributed by atoms with E-state index in [4.69, 9.17) is 24.3 Å². The van der Waals surface area contributed by atoms with Crippen LogP contribution in [0.15, 0.2) is 24.3 Å². The molecule has 2 atom stereocenters. The normalized spacial score (nSPS) is 13.2. The van der Waals surface area contributed by atoms with Crippen LogP contribution in [0.3, 0.4) is 0 Å². The lowest BCUT2D eigenvalue weighted by molar-refractivity contribution is -0.161. The summed E-state index contributed by atoms with van der Waals surface area (Å²) in [4.78, 5) is 35.1. The Labute approximate surface area is 402 Å². The summed E-state index contributed by atoms with van der Waals surface area (Å²) in [6.07, 6.45) is 59.5. The molecule has 0 aliphatic carbocycles. The smallest absolute Gasteiger partial charge is 0.462 e. The minimum absolute atomic E-state index is 0.0539.